The van der Waals surface area contributed by atoms with Gasteiger partial charge in [0.05, 0.1) is 10.8 Å². The first-order valence-electron chi connectivity index (χ1n) is 8.59. The van der Waals surface area contributed by atoms with Gasteiger partial charge in [-0.05, 0) is 51.0 Å². The zero-order valence-electron chi connectivity index (χ0n) is 14.9. The Balaban J connectivity index is 2.05. The maximum absolute atomic E-state index is 13.0. The van der Waals surface area contributed by atoms with Gasteiger partial charge in [-0.1, -0.05) is 0 Å². The lowest BCUT2D eigenvalue weighted by Crippen LogP contribution is -2.50. The summed E-state index contributed by atoms with van der Waals surface area (Å²) in [5.41, 5.74) is 0. The van der Waals surface area contributed by atoms with Crippen LogP contribution in [0.2, 0.25) is 0 Å². The Morgan fingerprint density at radius 1 is 1.31 bits per heavy atom. The third-order valence-electron chi connectivity index (χ3n) is 4.31. The lowest BCUT2D eigenvalue weighted by Gasteiger charge is -2.31. The van der Waals surface area contributed by atoms with E-state index in [4.69, 9.17) is 0 Å². The number of sulfonamides is 1. The zero-order chi connectivity index (χ0) is 19.3. The van der Waals surface area contributed by atoms with Crippen molar-refractivity contribution >= 4 is 21.8 Å². The van der Waals surface area contributed by atoms with Crippen LogP contribution in [-0.2, 0) is 19.6 Å². The molecule has 9 heteroatoms. The molecule has 0 spiro atoms. The first kappa shape index (κ1) is 20.3. The summed E-state index contributed by atoms with van der Waals surface area (Å²) in [5.74, 6) is -1.68. The van der Waals surface area contributed by atoms with E-state index >= 15 is 0 Å². The summed E-state index contributed by atoms with van der Waals surface area (Å²) in [7, 11) is -3.79. The molecule has 0 bridgehead atoms. The molecule has 0 aliphatic carbocycles. The number of hydrogen-bond acceptors (Lipinski definition) is 4. The van der Waals surface area contributed by atoms with Crippen molar-refractivity contribution in [2.75, 3.05) is 19.6 Å². The molecule has 2 amide bonds. The molecular weight excluding hydrogens is 361 g/mol. The Morgan fingerprint density at radius 2 is 1.96 bits per heavy atom. The van der Waals surface area contributed by atoms with E-state index in [9.17, 15) is 22.4 Å². The number of rotatable bonds is 6. The molecule has 0 radical (unpaired) electrons. The first-order valence-corrected chi connectivity index (χ1v) is 10.0. The second-order valence-electron chi connectivity index (χ2n) is 6.28. The predicted molar refractivity (Wildman–Crippen MR) is 94.2 cm³/mol. The largest absolute Gasteiger partial charge is 0.355 e. The van der Waals surface area contributed by atoms with Crippen LogP contribution in [0, 0.1) is 11.7 Å². The average Bonchev–Trinajstić information content (AvgIpc) is 2.62. The molecule has 1 aliphatic heterocycles. The van der Waals surface area contributed by atoms with Gasteiger partial charge in [-0.25, -0.2) is 12.8 Å². The van der Waals surface area contributed by atoms with Gasteiger partial charge in [0.15, 0.2) is 0 Å². The smallest absolute Gasteiger partial charge is 0.243 e. The van der Waals surface area contributed by atoms with E-state index in [1.807, 2.05) is 0 Å². The highest BCUT2D eigenvalue weighted by molar-refractivity contribution is 7.89. The summed E-state index contributed by atoms with van der Waals surface area (Å²) in [4.78, 5) is 24.1. The van der Waals surface area contributed by atoms with Crippen LogP contribution in [0.4, 0.5) is 4.39 Å². The number of nitrogens with one attached hydrogen (secondary N) is 2. The van der Waals surface area contributed by atoms with Crippen molar-refractivity contribution in [3.05, 3.63) is 30.1 Å². The van der Waals surface area contributed by atoms with Gasteiger partial charge in [0, 0.05) is 19.6 Å². The van der Waals surface area contributed by atoms with E-state index in [0.717, 1.165) is 12.1 Å². The fourth-order valence-electron chi connectivity index (χ4n) is 2.85. The molecule has 2 atom stereocenters. The third kappa shape index (κ3) is 4.79. The van der Waals surface area contributed by atoms with E-state index in [1.165, 1.54) is 16.4 Å². The van der Waals surface area contributed by atoms with E-state index < -0.39 is 27.8 Å². The van der Waals surface area contributed by atoms with Crippen LogP contribution in [-0.4, -0.2) is 50.2 Å². The maximum atomic E-state index is 13.0. The highest BCUT2D eigenvalue weighted by Gasteiger charge is 2.34. The van der Waals surface area contributed by atoms with Gasteiger partial charge >= 0.3 is 0 Å². The molecule has 144 valence electrons. The summed E-state index contributed by atoms with van der Waals surface area (Å²) in [6.45, 7) is 4.17. The minimum atomic E-state index is -3.79. The lowest BCUT2D eigenvalue weighted by atomic mass is 9.98. The molecule has 7 nitrogen and oxygen atoms in total. The van der Waals surface area contributed by atoms with Crippen molar-refractivity contribution in [3.63, 3.8) is 0 Å². The van der Waals surface area contributed by atoms with E-state index in [2.05, 4.69) is 10.6 Å². The molecule has 2 rings (SSSR count). The standard InChI is InChI=1S/C17H24FN3O4S/c1-3-19-16(22)12(2)20-17(23)13-5-4-10-21(11-13)26(24,25)15-8-6-14(18)7-9-15/h6-9,12-13H,3-5,10-11H2,1-2H3,(H,19,22)(H,20,23)/t12-,13-/m1/s1. The quantitative estimate of drug-likeness (QED) is 0.759. The number of nitrogens with zero attached hydrogens (tertiary/aromatic N) is 1. The molecule has 0 saturated carbocycles. The summed E-state index contributed by atoms with van der Waals surface area (Å²) >= 11 is 0. The first-order chi connectivity index (χ1) is 12.3. The highest BCUT2D eigenvalue weighted by Crippen LogP contribution is 2.24. The Bertz CT molecular complexity index is 752. The number of carbonyl (C=O) groups is 2. The van der Waals surface area contributed by atoms with Gasteiger partial charge in [-0.3, -0.25) is 9.59 Å². The van der Waals surface area contributed by atoms with Crippen LogP contribution in [0.15, 0.2) is 29.2 Å². The highest BCUT2D eigenvalue weighted by atomic mass is 32.2. The number of halogens is 1. The molecule has 0 unspecified atom stereocenters. The summed E-state index contributed by atoms with van der Waals surface area (Å²) in [6, 6.07) is 3.92. The van der Waals surface area contributed by atoms with Gasteiger partial charge in [0.1, 0.15) is 11.9 Å². The normalized spacial score (nSPS) is 19.6. The van der Waals surface area contributed by atoms with Crippen molar-refractivity contribution in [2.45, 2.75) is 37.6 Å². The van der Waals surface area contributed by atoms with Crippen molar-refractivity contribution in [2.24, 2.45) is 5.92 Å². The Hall–Kier alpha value is -2.00. The number of piperidine rings is 1. The molecule has 0 aromatic heterocycles. The summed E-state index contributed by atoms with van der Waals surface area (Å²) in [5, 5.41) is 5.25. The Labute approximate surface area is 153 Å². The van der Waals surface area contributed by atoms with Gasteiger partial charge in [-0.2, -0.15) is 4.31 Å². The molecule has 1 aliphatic rings. The van der Waals surface area contributed by atoms with Crippen molar-refractivity contribution in [3.8, 4) is 0 Å². The molecule has 1 fully saturated rings. The van der Waals surface area contributed by atoms with Crippen LogP contribution in [0.25, 0.3) is 0 Å². The zero-order valence-corrected chi connectivity index (χ0v) is 15.7. The number of amides is 2. The predicted octanol–water partition coefficient (Wildman–Crippen LogP) is 0.867. The molecule has 1 aromatic carbocycles. The number of benzene rings is 1. The monoisotopic (exact) mass is 385 g/mol. The second-order valence-corrected chi connectivity index (χ2v) is 8.22. The molecule has 2 N–H and O–H groups in total. The number of hydrogen-bond donors (Lipinski definition) is 2. The van der Waals surface area contributed by atoms with Gasteiger partial charge in [0.25, 0.3) is 0 Å². The van der Waals surface area contributed by atoms with Crippen LogP contribution in [0.1, 0.15) is 26.7 Å². The molecule has 1 saturated heterocycles. The number of carbonyl (C=O) groups excluding carboxylic acids is 2. The number of likely N-dealkylation sites (N-methyl/N-ethyl adjacent to an activating group) is 1. The third-order valence-corrected chi connectivity index (χ3v) is 6.19. The van der Waals surface area contributed by atoms with Gasteiger partial charge < -0.3 is 10.6 Å². The van der Waals surface area contributed by atoms with E-state index in [0.29, 0.717) is 25.9 Å². The van der Waals surface area contributed by atoms with Crippen LogP contribution in [0.3, 0.4) is 0 Å². The topological polar surface area (TPSA) is 95.6 Å². The minimum Gasteiger partial charge on any atom is -0.355 e. The lowest BCUT2D eigenvalue weighted by molar-refractivity contribution is -0.131. The SMILES string of the molecule is CCNC(=O)[C@@H](C)NC(=O)[C@@H]1CCCN(S(=O)(=O)c2ccc(F)cc2)C1. The van der Waals surface area contributed by atoms with Crippen LogP contribution >= 0.6 is 0 Å². The van der Waals surface area contributed by atoms with Gasteiger partial charge in [0.2, 0.25) is 21.8 Å². The van der Waals surface area contributed by atoms with Gasteiger partial charge in [-0.15, -0.1) is 0 Å². The molecular formula is C17H24FN3O4S. The minimum absolute atomic E-state index is 0.00403. The van der Waals surface area contributed by atoms with E-state index in [-0.39, 0.29) is 23.3 Å². The van der Waals surface area contributed by atoms with Crippen molar-refractivity contribution < 1.29 is 22.4 Å². The van der Waals surface area contributed by atoms with Crippen LogP contribution < -0.4 is 10.6 Å². The average molecular weight is 385 g/mol. The van der Waals surface area contributed by atoms with E-state index in [1.54, 1.807) is 13.8 Å². The van der Waals surface area contributed by atoms with Crippen molar-refractivity contribution in [1.29, 1.82) is 0 Å². The molecule has 1 aromatic rings. The summed E-state index contributed by atoms with van der Waals surface area (Å²) in [6.07, 6.45) is 1.08. The second kappa shape index (κ2) is 8.59. The Morgan fingerprint density at radius 3 is 2.58 bits per heavy atom. The fraction of sp³-hybridized carbons (Fsp3) is 0.529. The van der Waals surface area contributed by atoms with Crippen molar-refractivity contribution in [1.82, 2.24) is 14.9 Å². The van der Waals surface area contributed by atoms with Crippen LogP contribution in [0.5, 0.6) is 0 Å². The fourth-order valence-corrected chi connectivity index (χ4v) is 4.38. The maximum Gasteiger partial charge on any atom is 0.243 e. The Kier molecular flexibility index (Phi) is 6.71. The molecule has 26 heavy (non-hydrogen) atoms. The summed E-state index contributed by atoms with van der Waals surface area (Å²) < 4.78 is 39.7. The molecule has 1 heterocycles.